The minimum absolute atomic E-state index is 0.103. The molecule has 0 radical (unpaired) electrons. The van der Waals surface area contributed by atoms with Crippen molar-refractivity contribution in [2.75, 3.05) is 20.1 Å². The molecule has 2 heterocycles. The molecule has 4 nitrogen and oxygen atoms in total. The number of hydrogen-bond acceptors (Lipinski definition) is 3. The Balaban J connectivity index is 2.09. The molecule has 0 spiro atoms. The van der Waals surface area contributed by atoms with Gasteiger partial charge in [-0.15, -0.1) is 0 Å². The number of rotatable bonds is 2. The predicted molar refractivity (Wildman–Crippen MR) is 70.7 cm³/mol. The highest BCUT2D eigenvalue weighted by Gasteiger charge is 2.29. The maximum Gasteiger partial charge on any atom is 0.257 e. The predicted octanol–water partition coefficient (Wildman–Crippen LogP) is 1.97. The molecule has 0 saturated carbocycles. The normalized spacial score (nSPS) is 24.3. The molecule has 1 saturated heterocycles. The van der Waals surface area contributed by atoms with Crippen molar-refractivity contribution in [1.82, 2.24) is 10.2 Å². The van der Waals surface area contributed by atoms with Gasteiger partial charge < -0.3 is 14.6 Å². The van der Waals surface area contributed by atoms with E-state index in [-0.39, 0.29) is 5.91 Å². The number of nitrogens with one attached hydrogen (secondary N) is 1. The van der Waals surface area contributed by atoms with Crippen LogP contribution < -0.4 is 5.32 Å². The van der Waals surface area contributed by atoms with Crippen molar-refractivity contribution < 1.29 is 9.21 Å². The van der Waals surface area contributed by atoms with E-state index in [4.69, 9.17) is 4.42 Å². The van der Waals surface area contributed by atoms with Crippen LogP contribution in [0.5, 0.6) is 0 Å². The van der Waals surface area contributed by atoms with E-state index >= 15 is 0 Å². The third kappa shape index (κ3) is 2.43. The molecule has 4 heteroatoms. The first-order valence-corrected chi connectivity index (χ1v) is 6.56. The summed E-state index contributed by atoms with van der Waals surface area (Å²) in [5.74, 6) is 2.11. The third-order valence-electron chi connectivity index (χ3n) is 3.83. The quantitative estimate of drug-likeness (QED) is 0.873. The summed E-state index contributed by atoms with van der Waals surface area (Å²) in [7, 11) is 1.99. The van der Waals surface area contributed by atoms with Gasteiger partial charge >= 0.3 is 0 Å². The molecule has 1 aromatic rings. The van der Waals surface area contributed by atoms with Crippen LogP contribution in [0.2, 0.25) is 0 Å². The van der Waals surface area contributed by atoms with Gasteiger partial charge in [-0.1, -0.05) is 6.92 Å². The Bertz CT molecular complexity index is 439. The summed E-state index contributed by atoms with van der Waals surface area (Å²) in [4.78, 5) is 14.4. The summed E-state index contributed by atoms with van der Waals surface area (Å²) in [6.07, 6.45) is 1.01. The molecule has 1 aliphatic rings. The Labute approximate surface area is 108 Å². The monoisotopic (exact) mass is 250 g/mol. The first-order chi connectivity index (χ1) is 8.52. The number of furan rings is 1. The third-order valence-corrected chi connectivity index (χ3v) is 3.83. The molecule has 1 fully saturated rings. The summed E-state index contributed by atoms with van der Waals surface area (Å²) < 4.78 is 5.44. The summed E-state index contributed by atoms with van der Waals surface area (Å²) >= 11 is 0. The SMILES string of the molecule is CNC1CCN(C(=O)c2cc(C)oc2C)CC1C. The number of likely N-dealkylation sites (tertiary alicyclic amines) is 1. The minimum atomic E-state index is 0.103. The van der Waals surface area contributed by atoms with Crippen LogP contribution in [0, 0.1) is 19.8 Å². The zero-order valence-corrected chi connectivity index (χ0v) is 11.6. The maximum absolute atomic E-state index is 12.4. The van der Waals surface area contributed by atoms with E-state index in [1.165, 1.54) is 0 Å². The molecular weight excluding hydrogens is 228 g/mol. The highest BCUT2D eigenvalue weighted by atomic mass is 16.3. The molecule has 2 atom stereocenters. The van der Waals surface area contributed by atoms with Gasteiger partial charge in [0, 0.05) is 19.1 Å². The fraction of sp³-hybridized carbons (Fsp3) is 0.643. The van der Waals surface area contributed by atoms with Crippen LogP contribution in [0.15, 0.2) is 10.5 Å². The maximum atomic E-state index is 12.4. The van der Waals surface area contributed by atoms with Gasteiger partial charge in [0.05, 0.1) is 5.56 Å². The van der Waals surface area contributed by atoms with Crippen LogP contribution in [0.4, 0.5) is 0 Å². The van der Waals surface area contributed by atoms with E-state index in [1.54, 1.807) is 0 Å². The van der Waals surface area contributed by atoms with Gasteiger partial charge in [0.1, 0.15) is 11.5 Å². The number of carbonyl (C=O) groups excluding carboxylic acids is 1. The molecular formula is C14H22N2O2. The van der Waals surface area contributed by atoms with Crippen LogP contribution in [-0.4, -0.2) is 37.0 Å². The van der Waals surface area contributed by atoms with E-state index in [2.05, 4.69) is 12.2 Å². The molecule has 18 heavy (non-hydrogen) atoms. The van der Waals surface area contributed by atoms with E-state index in [0.717, 1.165) is 31.0 Å². The first-order valence-electron chi connectivity index (χ1n) is 6.56. The second-order valence-corrected chi connectivity index (χ2v) is 5.24. The second-order valence-electron chi connectivity index (χ2n) is 5.24. The average Bonchev–Trinajstić information content (AvgIpc) is 2.67. The number of nitrogens with zero attached hydrogens (tertiary/aromatic N) is 1. The molecule has 100 valence electrons. The molecule has 0 aliphatic carbocycles. The van der Waals surface area contributed by atoms with Crippen molar-refractivity contribution in [2.45, 2.75) is 33.2 Å². The number of amides is 1. The van der Waals surface area contributed by atoms with E-state index in [9.17, 15) is 4.79 Å². The summed E-state index contributed by atoms with van der Waals surface area (Å²) in [5, 5.41) is 3.31. The number of aryl methyl sites for hydroxylation is 2. The van der Waals surface area contributed by atoms with E-state index < -0.39 is 0 Å². The summed E-state index contributed by atoms with van der Waals surface area (Å²) in [6.45, 7) is 7.55. The van der Waals surface area contributed by atoms with Gasteiger partial charge in [-0.05, 0) is 39.3 Å². The van der Waals surface area contributed by atoms with Crippen LogP contribution in [0.1, 0.15) is 35.2 Å². The molecule has 1 aliphatic heterocycles. The van der Waals surface area contributed by atoms with Crippen LogP contribution in [0.3, 0.4) is 0 Å². The van der Waals surface area contributed by atoms with Gasteiger partial charge in [-0.3, -0.25) is 4.79 Å². The molecule has 2 rings (SSSR count). The highest BCUT2D eigenvalue weighted by molar-refractivity contribution is 5.95. The van der Waals surface area contributed by atoms with E-state index in [1.807, 2.05) is 31.9 Å². The zero-order chi connectivity index (χ0) is 13.3. The Morgan fingerprint density at radius 2 is 2.22 bits per heavy atom. The average molecular weight is 250 g/mol. The fourth-order valence-electron chi connectivity index (χ4n) is 2.77. The number of piperidine rings is 1. The molecule has 1 amide bonds. The lowest BCUT2D eigenvalue weighted by atomic mass is 9.93. The largest absolute Gasteiger partial charge is 0.466 e. The van der Waals surface area contributed by atoms with Gasteiger partial charge in [0.15, 0.2) is 0 Å². The Hall–Kier alpha value is -1.29. The van der Waals surface area contributed by atoms with Crippen molar-refractivity contribution in [3.63, 3.8) is 0 Å². The van der Waals surface area contributed by atoms with Crippen molar-refractivity contribution in [3.8, 4) is 0 Å². The van der Waals surface area contributed by atoms with Crippen LogP contribution in [-0.2, 0) is 0 Å². The summed E-state index contributed by atoms with van der Waals surface area (Å²) in [6, 6.07) is 2.35. The van der Waals surface area contributed by atoms with Gasteiger partial charge in [-0.2, -0.15) is 0 Å². The van der Waals surface area contributed by atoms with Crippen molar-refractivity contribution in [3.05, 3.63) is 23.2 Å². The first kappa shape index (κ1) is 13.1. The second kappa shape index (κ2) is 5.14. The highest BCUT2D eigenvalue weighted by Crippen LogP contribution is 2.21. The molecule has 0 bridgehead atoms. The standard InChI is InChI=1S/C14H22N2O2/c1-9-8-16(6-5-13(9)15-4)14(17)12-7-10(2)18-11(12)3/h7,9,13,15H,5-6,8H2,1-4H3. The van der Waals surface area contributed by atoms with Crippen LogP contribution >= 0.6 is 0 Å². The molecule has 1 aromatic heterocycles. The zero-order valence-electron chi connectivity index (χ0n) is 11.6. The topological polar surface area (TPSA) is 45.5 Å². The number of hydrogen-bond donors (Lipinski definition) is 1. The lowest BCUT2D eigenvalue weighted by molar-refractivity contribution is 0.0647. The summed E-state index contributed by atoms with van der Waals surface area (Å²) in [5.41, 5.74) is 0.711. The van der Waals surface area contributed by atoms with Crippen molar-refractivity contribution >= 4 is 5.91 Å². The lowest BCUT2D eigenvalue weighted by Crippen LogP contribution is -2.49. The Morgan fingerprint density at radius 3 is 2.72 bits per heavy atom. The smallest absolute Gasteiger partial charge is 0.257 e. The van der Waals surface area contributed by atoms with Crippen molar-refractivity contribution in [2.24, 2.45) is 5.92 Å². The lowest BCUT2D eigenvalue weighted by Gasteiger charge is -2.36. The van der Waals surface area contributed by atoms with Gasteiger partial charge in [0.25, 0.3) is 5.91 Å². The van der Waals surface area contributed by atoms with Gasteiger partial charge in [-0.25, -0.2) is 0 Å². The van der Waals surface area contributed by atoms with Crippen LogP contribution in [0.25, 0.3) is 0 Å². The molecule has 1 N–H and O–H groups in total. The number of carbonyl (C=O) groups is 1. The van der Waals surface area contributed by atoms with E-state index in [0.29, 0.717) is 17.5 Å². The molecule has 0 aromatic carbocycles. The van der Waals surface area contributed by atoms with Crippen molar-refractivity contribution in [1.29, 1.82) is 0 Å². The Morgan fingerprint density at radius 1 is 1.50 bits per heavy atom. The fourth-order valence-corrected chi connectivity index (χ4v) is 2.77. The Kier molecular flexibility index (Phi) is 3.76. The minimum Gasteiger partial charge on any atom is -0.466 e. The van der Waals surface area contributed by atoms with Gasteiger partial charge in [0.2, 0.25) is 0 Å². The molecule has 2 unspecified atom stereocenters.